The first-order valence-electron chi connectivity index (χ1n) is 6.07. The van der Waals surface area contributed by atoms with Crippen LogP contribution in [0.2, 0.25) is 0 Å². The third-order valence-corrected chi connectivity index (χ3v) is 3.42. The number of rotatable bonds is 2. The standard InChI is InChI=1S/C14H18N4O/c1-8-5-6-12(14(15)17-19)13(7-8)18-11(4)9(2)10(3)16-18/h5-7,19H,1-4H3,(H2,15,17). The molecule has 0 amide bonds. The Kier molecular flexibility index (Phi) is 3.29. The summed E-state index contributed by atoms with van der Waals surface area (Å²) in [6.07, 6.45) is 0. The zero-order valence-electron chi connectivity index (χ0n) is 11.6. The maximum Gasteiger partial charge on any atom is 0.172 e. The van der Waals surface area contributed by atoms with Crippen molar-refractivity contribution < 1.29 is 5.21 Å². The summed E-state index contributed by atoms with van der Waals surface area (Å²) in [5, 5.41) is 16.5. The summed E-state index contributed by atoms with van der Waals surface area (Å²) < 4.78 is 1.84. The van der Waals surface area contributed by atoms with E-state index >= 15 is 0 Å². The average Bonchev–Trinajstić information content (AvgIpc) is 2.65. The first kappa shape index (κ1) is 13.1. The molecule has 0 radical (unpaired) electrons. The highest BCUT2D eigenvalue weighted by Gasteiger charge is 2.14. The molecule has 0 aliphatic rings. The van der Waals surface area contributed by atoms with Crippen molar-refractivity contribution in [3.8, 4) is 5.69 Å². The van der Waals surface area contributed by atoms with E-state index in [1.807, 2.05) is 50.6 Å². The molecule has 1 aromatic carbocycles. The van der Waals surface area contributed by atoms with E-state index in [1.165, 1.54) is 0 Å². The number of amidine groups is 1. The Balaban J connectivity index is 2.73. The van der Waals surface area contributed by atoms with Crippen molar-refractivity contribution in [1.82, 2.24) is 9.78 Å². The molecule has 0 spiro atoms. The van der Waals surface area contributed by atoms with Crippen LogP contribution in [0.3, 0.4) is 0 Å². The molecule has 0 aliphatic carbocycles. The summed E-state index contributed by atoms with van der Waals surface area (Å²) in [5.74, 6) is 0.0835. The van der Waals surface area contributed by atoms with Crippen LogP contribution in [0.25, 0.3) is 5.69 Å². The Morgan fingerprint density at radius 2 is 1.95 bits per heavy atom. The Bertz CT molecular complexity index is 656. The molecule has 0 bridgehead atoms. The van der Waals surface area contributed by atoms with Gasteiger partial charge in [-0.25, -0.2) is 4.68 Å². The maximum absolute atomic E-state index is 8.89. The van der Waals surface area contributed by atoms with Gasteiger partial charge in [0.25, 0.3) is 0 Å². The molecule has 0 unspecified atom stereocenters. The molecule has 0 atom stereocenters. The number of oxime groups is 1. The largest absolute Gasteiger partial charge is 0.409 e. The number of nitrogens with two attached hydrogens (primary N) is 1. The lowest BCUT2D eigenvalue weighted by Crippen LogP contribution is -2.17. The number of benzene rings is 1. The lowest BCUT2D eigenvalue weighted by atomic mass is 10.1. The van der Waals surface area contributed by atoms with Gasteiger partial charge < -0.3 is 10.9 Å². The summed E-state index contributed by atoms with van der Waals surface area (Å²) in [6, 6.07) is 5.74. The number of aromatic nitrogens is 2. The van der Waals surface area contributed by atoms with E-state index in [0.717, 1.165) is 28.2 Å². The van der Waals surface area contributed by atoms with Gasteiger partial charge >= 0.3 is 0 Å². The van der Waals surface area contributed by atoms with Crippen LogP contribution in [-0.4, -0.2) is 20.8 Å². The minimum Gasteiger partial charge on any atom is -0.409 e. The summed E-state index contributed by atoms with van der Waals surface area (Å²) in [5.41, 5.74) is 11.5. The SMILES string of the molecule is Cc1ccc(C(N)=NO)c(-n2nc(C)c(C)c2C)c1. The van der Waals surface area contributed by atoms with Crippen molar-refractivity contribution in [1.29, 1.82) is 0 Å². The number of hydrogen-bond acceptors (Lipinski definition) is 3. The van der Waals surface area contributed by atoms with Crippen molar-refractivity contribution in [2.24, 2.45) is 10.9 Å². The quantitative estimate of drug-likeness (QED) is 0.375. The second-order valence-corrected chi connectivity index (χ2v) is 4.71. The molecule has 100 valence electrons. The number of aryl methyl sites for hydroxylation is 2. The molecule has 2 rings (SSSR count). The first-order valence-corrected chi connectivity index (χ1v) is 6.07. The van der Waals surface area contributed by atoms with Crippen LogP contribution in [0.15, 0.2) is 23.4 Å². The van der Waals surface area contributed by atoms with Gasteiger partial charge in [0, 0.05) is 11.3 Å². The monoisotopic (exact) mass is 258 g/mol. The summed E-state index contributed by atoms with van der Waals surface area (Å²) >= 11 is 0. The summed E-state index contributed by atoms with van der Waals surface area (Å²) in [7, 11) is 0. The van der Waals surface area contributed by atoms with Gasteiger partial charge in [0.05, 0.1) is 11.4 Å². The second kappa shape index (κ2) is 4.76. The Morgan fingerprint density at radius 1 is 1.26 bits per heavy atom. The maximum atomic E-state index is 8.89. The van der Waals surface area contributed by atoms with Crippen LogP contribution in [0, 0.1) is 27.7 Å². The molecule has 1 aromatic heterocycles. The highest BCUT2D eigenvalue weighted by molar-refractivity contribution is 6.00. The normalized spacial score (nSPS) is 11.9. The average molecular weight is 258 g/mol. The summed E-state index contributed by atoms with van der Waals surface area (Å²) in [4.78, 5) is 0. The van der Waals surface area contributed by atoms with E-state index in [-0.39, 0.29) is 5.84 Å². The van der Waals surface area contributed by atoms with Gasteiger partial charge in [-0.15, -0.1) is 0 Å². The fourth-order valence-electron chi connectivity index (χ4n) is 2.04. The van der Waals surface area contributed by atoms with E-state index in [9.17, 15) is 0 Å². The van der Waals surface area contributed by atoms with Gasteiger partial charge in [0.1, 0.15) is 0 Å². The van der Waals surface area contributed by atoms with E-state index in [4.69, 9.17) is 10.9 Å². The molecule has 0 saturated carbocycles. The topological polar surface area (TPSA) is 76.4 Å². The highest BCUT2D eigenvalue weighted by atomic mass is 16.4. The molecular formula is C14H18N4O. The van der Waals surface area contributed by atoms with E-state index in [2.05, 4.69) is 10.3 Å². The zero-order valence-corrected chi connectivity index (χ0v) is 11.6. The van der Waals surface area contributed by atoms with Crippen LogP contribution in [-0.2, 0) is 0 Å². The molecule has 1 heterocycles. The van der Waals surface area contributed by atoms with Gasteiger partial charge in [-0.3, -0.25) is 0 Å². The molecular weight excluding hydrogens is 240 g/mol. The van der Waals surface area contributed by atoms with Crippen LogP contribution in [0.5, 0.6) is 0 Å². The van der Waals surface area contributed by atoms with Gasteiger partial charge in [0.15, 0.2) is 5.84 Å². The van der Waals surface area contributed by atoms with E-state index < -0.39 is 0 Å². The second-order valence-electron chi connectivity index (χ2n) is 4.71. The lowest BCUT2D eigenvalue weighted by molar-refractivity contribution is 0.318. The Labute approximate surface area is 112 Å². The van der Waals surface area contributed by atoms with Crippen LogP contribution < -0.4 is 5.73 Å². The van der Waals surface area contributed by atoms with Crippen molar-refractivity contribution in [3.63, 3.8) is 0 Å². The van der Waals surface area contributed by atoms with Crippen LogP contribution in [0.1, 0.15) is 28.1 Å². The Hall–Kier alpha value is -2.30. The minimum atomic E-state index is 0.0835. The van der Waals surface area contributed by atoms with E-state index in [0.29, 0.717) is 5.56 Å². The van der Waals surface area contributed by atoms with Crippen molar-refractivity contribution in [3.05, 3.63) is 46.3 Å². The molecule has 2 aromatic rings. The third kappa shape index (κ3) is 2.19. The fourth-order valence-corrected chi connectivity index (χ4v) is 2.04. The lowest BCUT2D eigenvalue weighted by Gasteiger charge is -2.11. The third-order valence-electron chi connectivity index (χ3n) is 3.42. The van der Waals surface area contributed by atoms with Crippen LogP contribution >= 0.6 is 0 Å². The van der Waals surface area contributed by atoms with Crippen molar-refractivity contribution in [2.75, 3.05) is 0 Å². The zero-order chi connectivity index (χ0) is 14.2. The van der Waals surface area contributed by atoms with Gasteiger partial charge in [-0.1, -0.05) is 11.2 Å². The molecule has 19 heavy (non-hydrogen) atoms. The fraction of sp³-hybridized carbons (Fsp3) is 0.286. The highest BCUT2D eigenvalue weighted by Crippen LogP contribution is 2.21. The number of nitrogens with zero attached hydrogens (tertiary/aromatic N) is 3. The molecule has 0 aliphatic heterocycles. The minimum absolute atomic E-state index is 0.0835. The smallest absolute Gasteiger partial charge is 0.172 e. The molecule has 5 heteroatoms. The van der Waals surface area contributed by atoms with Gasteiger partial charge in [-0.2, -0.15) is 5.10 Å². The predicted octanol–water partition coefficient (Wildman–Crippen LogP) is 2.20. The van der Waals surface area contributed by atoms with Crippen molar-refractivity contribution in [2.45, 2.75) is 27.7 Å². The van der Waals surface area contributed by atoms with Crippen molar-refractivity contribution >= 4 is 5.84 Å². The molecule has 0 saturated heterocycles. The summed E-state index contributed by atoms with van der Waals surface area (Å²) in [6.45, 7) is 8.01. The van der Waals surface area contributed by atoms with E-state index in [1.54, 1.807) is 0 Å². The predicted molar refractivity (Wildman–Crippen MR) is 75.0 cm³/mol. The first-order chi connectivity index (χ1) is 8.95. The molecule has 0 fully saturated rings. The molecule has 3 N–H and O–H groups in total. The van der Waals surface area contributed by atoms with Gasteiger partial charge in [-0.05, 0) is 51.0 Å². The Morgan fingerprint density at radius 3 is 2.47 bits per heavy atom. The molecule has 5 nitrogen and oxygen atoms in total. The van der Waals surface area contributed by atoms with Gasteiger partial charge in [0.2, 0.25) is 0 Å². The number of hydrogen-bond donors (Lipinski definition) is 2. The van der Waals surface area contributed by atoms with Crippen LogP contribution in [0.4, 0.5) is 0 Å².